The largest absolute Gasteiger partial charge is 0.479 e. The van der Waals surface area contributed by atoms with Gasteiger partial charge in [0.15, 0.2) is 10.9 Å². The molecule has 2 heterocycles. The van der Waals surface area contributed by atoms with Crippen molar-refractivity contribution in [1.82, 2.24) is 10.1 Å². The third kappa shape index (κ3) is 4.76. The van der Waals surface area contributed by atoms with Crippen molar-refractivity contribution in [2.45, 2.75) is 6.92 Å². The minimum absolute atomic E-state index is 0.0150. The number of thiazole rings is 1. The van der Waals surface area contributed by atoms with E-state index in [4.69, 9.17) is 18.7 Å². The molecule has 0 bridgehead atoms. The number of nitrogens with one attached hydrogen (secondary N) is 1. The highest BCUT2D eigenvalue weighted by Crippen LogP contribution is 2.27. The molecule has 0 radical (unpaired) electrons. The lowest BCUT2D eigenvalue weighted by Crippen LogP contribution is -2.26. The van der Waals surface area contributed by atoms with Crippen LogP contribution in [0, 0.1) is 0 Å². The van der Waals surface area contributed by atoms with E-state index in [1.807, 2.05) is 6.92 Å². The van der Waals surface area contributed by atoms with Crippen molar-refractivity contribution in [2.24, 2.45) is 0 Å². The van der Waals surface area contributed by atoms with Crippen LogP contribution in [0.1, 0.15) is 6.92 Å². The molecule has 0 saturated heterocycles. The molecular weight excluding hydrogens is 326 g/mol. The Morgan fingerprint density at radius 2 is 2.22 bits per heavy atom. The van der Waals surface area contributed by atoms with Gasteiger partial charge < -0.3 is 18.7 Å². The molecule has 0 unspecified atom stereocenters. The van der Waals surface area contributed by atoms with Crippen LogP contribution in [-0.4, -0.2) is 48.9 Å². The van der Waals surface area contributed by atoms with E-state index in [1.165, 1.54) is 7.11 Å². The van der Waals surface area contributed by atoms with Crippen LogP contribution in [0.5, 0.6) is 5.88 Å². The van der Waals surface area contributed by atoms with Gasteiger partial charge in [-0.1, -0.05) is 0 Å². The molecule has 2 aromatic rings. The first kappa shape index (κ1) is 16.9. The zero-order chi connectivity index (χ0) is 16.7. The lowest BCUT2D eigenvalue weighted by molar-refractivity contribution is -0.153. The minimum atomic E-state index is -0.997. The maximum Gasteiger partial charge on any atom is 0.397 e. The van der Waals surface area contributed by atoms with E-state index in [-0.39, 0.29) is 18.3 Å². The van der Waals surface area contributed by atoms with Crippen molar-refractivity contribution < 1.29 is 28.3 Å². The Kier molecular flexibility index (Phi) is 6.06. The van der Waals surface area contributed by atoms with Crippen molar-refractivity contribution in [1.29, 1.82) is 0 Å². The van der Waals surface area contributed by atoms with Crippen LogP contribution >= 0.6 is 11.3 Å². The minimum Gasteiger partial charge on any atom is -0.479 e. The first-order chi connectivity index (χ1) is 11.1. The smallest absolute Gasteiger partial charge is 0.397 e. The number of nitrogens with zero attached hydrogens (tertiary/aromatic N) is 2. The SMILES string of the molecule is CCOCCOC(=O)C(=O)Nc1nc(-c2cc(OC)no2)cs1. The number of hydrogen-bond donors (Lipinski definition) is 1. The molecule has 0 aromatic carbocycles. The molecule has 0 aliphatic heterocycles. The summed E-state index contributed by atoms with van der Waals surface area (Å²) < 4.78 is 19.7. The number of amides is 1. The van der Waals surface area contributed by atoms with E-state index < -0.39 is 11.9 Å². The molecule has 0 aliphatic rings. The highest BCUT2D eigenvalue weighted by molar-refractivity contribution is 7.14. The molecular formula is C13H15N3O6S. The van der Waals surface area contributed by atoms with Gasteiger partial charge in [-0.25, -0.2) is 9.78 Å². The number of hydrogen-bond acceptors (Lipinski definition) is 9. The van der Waals surface area contributed by atoms with E-state index in [2.05, 4.69) is 15.5 Å². The molecule has 0 atom stereocenters. The standard InChI is InChI=1S/C13H15N3O6S/c1-3-20-4-5-21-12(18)11(17)15-13-14-8(7-23-13)9-6-10(19-2)16-22-9/h6-7H,3-5H2,1-2H3,(H,14,15,17). The van der Waals surface area contributed by atoms with Crippen LogP contribution in [0.4, 0.5) is 5.13 Å². The second-order valence-corrected chi connectivity index (χ2v) is 4.92. The number of ether oxygens (including phenoxy) is 3. The number of carbonyl (C=O) groups is 2. The molecule has 124 valence electrons. The maximum atomic E-state index is 11.7. The van der Waals surface area contributed by atoms with Gasteiger partial charge in [0.1, 0.15) is 12.3 Å². The summed E-state index contributed by atoms with van der Waals surface area (Å²) in [5.41, 5.74) is 0.464. The van der Waals surface area contributed by atoms with Gasteiger partial charge in [-0.3, -0.25) is 10.1 Å². The number of methoxy groups -OCH3 is 1. The van der Waals surface area contributed by atoms with Crippen molar-refractivity contribution in [3.05, 3.63) is 11.4 Å². The second kappa shape index (κ2) is 8.25. The first-order valence-corrected chi connectivity index (χ1v) is 7.54. The van der Waals surface area contributed by atoms with E-state index in [9.17, 15) is 9.59 Å². The van der Waals surface area contributed by atoms with Crippen molar-refractivity contribution in [2.75, 3.05) is 32.2 Å². The van der Waals surface area contributed by atoms with E-state index in [0.717, 1.165) is 11.3 Å². The lowest BCUT2D eigenvalue weighted by Gasteiger charge is -2.04. The van der Waals surface area contributed by atoms with Crippen molar-refractivity contribution in [3.8, 4) is 17.3 Å². The summed E-state index contributed by atoms with van der Waals surface area (Å²) in [5.74, 6) is -1.20. The van der Waals surface area contributed by atoms with Crippen LogP contribution in [-0.2, 0) is 19.1 Å². The molecule has 23 heavy (non-hydrogen) atoms. The molecule has 10 heteroatoms. The summed E-state index contributed by atoms with van der Waals surface area (Å²) in [7, 11) is 1.46. The van der Waals surface area contributed by atoms with E-state index in [1.54, 1.807) is 11.4 Å². The first-order valence-electron chi connectivity index (χ1n) is 6.66. The van der Waals surface area contributed by atoms with Crippen LogP contribution < -0.4 is 10.1 Å². The normalized spacial score (nSPS) is 10.3. The molecule has 2 aromatic heterocycles. The summed E-state index contributed by atoms with van der Waals surface area (Å²) >= 11 is 1.13. The molecule has 0 aliphatic carbocycles. The summed E-state index contributed by atoms with van der Waals surface area (Å²) in [6.07, 6.45) is 0. The van der Waals surface area contributed by atoms with Gasteiger partial charge >= 0.3 is 11.9 Å². The van der Waals surface area contributed by atoms with E-state index in [0.29, 0.717) is 23.9 Å². The number of anilines is 1. The summed E-state index contributed by atoms with van der Waals surface area (Å²) in [6.45, 7) is 2.59. The van der Waals surface area contributed by atoms with Crippen LogP contribution in [0.2, 0.25) is 0 Å². The predicted molar refractivity (Wildman–Crippen MR) is 80.2 cm³/mol. The fraction of sp³-hybridized carbons (Fsp3) is 0.385. The molecule has 0 fully saturated rings. The van der Waals surface area contributed by atoms with Crippen LogP contribution in [0.3, 0.4) is 0 Å². The van der Waals surface area contributed by atoms with Gasteiger partial charge in [-0.2, -0.15) is 0 Å². The maximum absolute atomic E-state index is 11.7. The Morgan fingerprint density at radius 1 is 1.39 bits per heavy atom. The molecule has 9 nitrogen and oxygen atoms in total. The predicted octanol–water partition coefficient (Wildman–Crippen LogP) is 1.32. The molecule has 1 N–H and O–H groups in total. The topological polar surface area (TPSA) is 113 Å². The van der Waals surface area contributed by atoms with Gasteiger partial charge in [0.25, 0.3) is 5.88 Å². The van der Waals surface area contributed by atoms with Gasteiger partial charge in [-0.05, 0) is 12.1 Å². The number of rotatable bonds is 7. The van der Waals surface area contributed by atoms with Crippen LogP contribution in [0.25, 0.3) is 11.5 Å². The Bertz CT molecular complexity index is 668. The number of carbonyl (C=O) groups excluding carboxylic acids is 2. The molecule has 1 amide bonds. The monoisotopic (exact) mass is 341 g/mol. The fourth-order valence-electron chi connectivity index (χ4n) is 1.47. The highest BCUT2D eigenvalue weighted by atomic mass is 32.1. The average molecular weight is 341 g/mol. The van der Waals surface area contributed by atoms with Gasteiger partial charge in [-0.15, -0.1) is 11.3 Å². The Balaban J connectivity index is 1.88. The van der Waals surface area contributed by atoms with Crippen molar-refractivity contribution >= 4 is 28.3 Å². The summed E-state index contributed by atoms with van der Waals surface area (Å²) in [6, 6.07) is 1.56. The highest BCUT2D eigenvalue weighted by Gasteiger charge is 2.18. The van der Waals surface area contributed by atoms with Gasteiger partial charge in [0.05, 0.1) is 19.8 Å². The zero-order valence-corrected chi connectivity index (χ0v) is 13.3. The molecule has 2 rings (SSSR count). The quantitative estimate of drug-likeness (QED) is 0.456. The zero-order valence-electron chi connectivity index (χ0n) is 12.5. The Hall–Kier alpha value is -2.46. The number of aromatic nitrogens is 2. The average Bonchev–Trinajstić information content (AvgIpc) is 3.19. The van der Waals surface area contributed by atoms with Crippen LogP contribution in [0.15, 0.2) is 16.0 Å². The lowest BCUT2D eigenvalue weighted by atomic mass is 10.4. The Morgan fingerprint density at radius 3 is 2.91 bits per heavy atom. The summed E-state index contributed by atoms with van der Waals surface area (Å²) in [4.78, 5) is 27.3. The van der Waals surface area contributed by atoms with Gasteiger partial charge in [0, 0.05) is 12.0 Å². The van der Waals surface area contributed by atoms with Gasteiger partial charge in [0.2, 0.25) is 0 Å². The molecule has 0 saturated carbocycles. The second-order valence-electron chi connectivity index (χ2n) is 4.06. The van der Waals surface area contributed by atoms with Crippen molar-refractivity contribution in [3.63, 3.8) is 0 Å². The van der Waals surface area contributed by atoms with E-state index >= 15 is 0 Å². The third-order valence-corrected chi connectivity index (χ3v) is 3.28. The fourth-order valence-corrected chi connectivity index (χ4v) is 2.17. The summed E-state index contributed by atoms with van der Waals surface area (Å²) in [5, 5.41) is 7.89. The number of esters is 1. The molecule has 0 spiro atoms. The Labute approximate surface area is 135 Å². The third-order valence-electron chi connectivity index (χ3n) is 2.53.